The van der Waals surface area contributed by atoms with Crippen LogP contribution in [0.3, 0.4) is 0 Å². The lowest BCUT2D eigenvalue weighted by Crippen LogP contribution is -2.46. The van der Waals surface area contributed by atoms with Crippen molar-refractivity contribution in [2.24, 2.45) is 11.5 Å². The van der Waals surface area contributed by atoms with E-state index in [0.717, 1.165) is 4.90 Å². The molecule has 0 bridgehead atoms. The summed E-state index contributed by atoms with van der Waals surface area (Å²) < 4.78 is 0. The van der Waals surface area contributed by atoms with Crippen LogP contribution in [-0.2, 0) is 24.0 Å². The van der Waals surface area contributed by atoms with Gasteiger partial charge in [-0.2, -0.15) is 0 Å². The molecule has 0 spiro atoms. The Bertz CT molecular complexity index is 523. The number of amides is 3. The largest absolute Gasteiger partial charge is 0.480 e. The zero-order valence-electron chi connectivity index (χ0n) is 16.1. The van der Waals surface area contributed by atoms with Crippen molar-refractivity contribution in [2.75, 3.05) is 6.54 Å². The molecular weight excluding hydrogens is 360 g/mol. The van der Waals surface area contributed by atoms with Gasteiger partial charge in [0.25, 0.3) is 0 Å². The molecule has 0 aromatic heterocycles. The van der Waals surface area contributed by atoms with Gasteiger partial charge in [-0.1, -0.05) is 0 Å². The summed E-state index contributed by atoms with van der Waals surface area (Å²) >= 11 is 0. The second-order valence-electron chi connectivity index (χ2n) is 5.90. The molecule has 0 saturated heterocycles. The Morgan fingerprint density at radius 1 is 0.963 bits per heavy atom. The fourth-order valence-corrected chi connectivity index (χ4v) is 1.91. The fraction of sp³-hybridized carbons (Fsp3) is 0.688. The van der Waals surface area contributed by atoms with Crippen LogP contribution in [0.5, 0.6) is 0 Å². The van der Waals surface area contributed by atoms with E-state index in [1.165, 1.54) is 27.7 Å². The predicted octanol–water partition coefficient (Wildman–Crippen LogP) is -1.11. The van der Waals surface area contributed by atoms with Gasteiger partial charge in [-0.25, -0.2) is 4.79 Å². The lowest BCUT2D eigenvalue weighted by Gasteiger charge is -2.24. The van der Waals surface area contributed by atoms with Crippen molar-refractivity contribution in [1.82, 2.24) is 10.2 Å². The van der Waals surface area contributed by atoms with Crippen LogP contribution in [0.15, 0.2) is 0 Å². The highest BCUT2D eigenvalue weighted by Crippen LogP contribution is 2.10. The minimum atomic E-state index is -1.16. The molecule has 156 valence electrons. The van der Waals surface area contributed by atoms with Crippen molar-refractivity contribution in [1.29, 1.82) is 0 Å². The van der Waals surface area contributed by atoms with E-state index in [1.807, 2.05) is 0 Å². The van der Waals surface area contributed by atoms with Gasteiger partial charge in [-0.05, 0) is 39.7 Å². The minimum absolute atomic E-state index is 0.242. The van der Waals surface area contributed by atoms with Crippen LogP contribution in [0.1, 0.15) is 47.0 Å². The summed E-state index contributed by atoms with van der Waals surface area (Å²) in [5.74, 6) is -3.79. The second kappa shape index (κ2) is 13.6. The first-order valence-corrected chi connectivity index (χ1v) is 8.38. The molecule has 3 atom stereocenters. The lowest BCUT2D eigenvalue weighted by molar-refractivity contribution is -0.156. The van der Waals surface area contributed by atoms with Gasteiger partial charge in [0.2, 0.25) is 17.7 Å². The number of carbonyl (C=O) groups is 5. The summed E-state index contributed by atoms with van der Waals surface area (Å²) in [6.07, 6.45) is 1.49. The Kier molecular flexibility index (Phi) is 13.5. The Morgan fingerprint density at radius 2 is 1.44 bits per heavy atom. The maximum Gasteiger partial charge on any atom is 0.326 e. The molecule has 7 N–H and O–H groups in total. The summed E-state index contributed by atoms with van der Waals surface area (Å²) in [7, 11) is 0. The van der Waals surface area contributed by atoms with E-state index in [4.69, 9.17) is 21.7 Å². The van der Waals surface area contributed by atoms with Crippen molar-refractivity contribution in [3.8, 4) is 0 Å². The standard InChI is InChI=1S/C10H18N2O4.C6H12N2O3/c1-7(13)12(8(2)14)9(10(15)16)5-3-4-6-11;1-3(7)5(9)8-4(2)6(10)11/h9H,3-6,11H2,1-2H3,(H,15,16);3-4H,7H2,1-2H3,(H,8,9)(H,10,11)/t9-;3-,4-/m01/s1. The number of hydrogen-bond acceptors (Lipinski definition) is 7. The molecule has 0 aliphatic heterocycles. The molecule has 0 unspecified atom stereocenters. The first-order valence-electron chi connectivity index (χ1n) is 8.38. The molecule has 0 rings (SSSR count). The molecule has 0 fully saturated rings. The molecule has 11 heteroatoms. The molecule has 27 heavy (non-hydrogen) atoms. The molecule has 0 radical (unpaired) electrons. The third-order valence-corrected chi connectivity index (χ3v) is 3.35. The lowest BCUT2D eigenvalue weighted by atomic mass is 10.1. The van der Waals surface area contributed by atoms with Gasteiger partial charge in [0.05, 0.1) is 6.04 Å². The zero-order chi connectivity index (χ0) is 21.7. The average Bonchev–Trinajstić information content (AvgIpc) is 2.53. The summed E-state index contributed by atoms with van der Waals surface area (Å²) in [5.41, 5.74) is 10.5. The van der Waals surface area contributed by atoms with Crippen LogP contribution < -0.4 is 16.8 Å². The van der Waals surface area contributed by atoms with Gasteiger partial charge in [-0.15, -0.1) is 0 Å². The Morgan fingerprint density at radius 3 is 1.74 bits per heavy atom. The SMILES string of the molecule is CC(=O)N(C(C)=O)[C@@H](CCCCN)C(=O)O.C[C@@H](N)C(=O)N[C@H](C)C(=O)O. The topological polar surface area (TPSA) is 193 Å². The van der Waals surface area contributed by atoms with Gasteiger partial charge in [-0.3, -0.25) is 24.1 Å². The second-order valence-corrected chi connectivity index (χ2v) is 5.90. The van der Waals surface area contributed by atoms with E-state index >= 15 is 0 Å². The molecule has 3 amide bonds. The first kappa shape index (κ1) is 26.7. The average molecular weight is 390 g/mol. The Labute approximate surface area is 158 Å². The number of hydrogen-bond donors (Lipinski definition) is 5. The molecule has 0 aliphatic carbocycles. The van der Waals surface area contributed by atoms with Crippen LogP contribution in [0, 0.1) is 0 Å². The Hall–Kier alpha value is -2.53. The van der Waals surface area contributed by atoms with Gasteiger partial charge >= 0.3 is 11.9 Å². The number of unbranched alkanes of at least 4 members (excludes halogenated alkanes) is 1. The third-order valence-electron chi connectivity index (χ3n) is 3.35. The fourth-order valence-electron chi connectivity index (χ4n) is 1.91. The highest BCUT2D eigenvalue weighted by Gasteiger charge is 2.30. The highest BCUT2D eigenvalue weighted by molar-refractivity contribution is 5.97. The van der Waals surface area contributed by atoms with Crippen LogP contribution in [-0.4, -0.2) is 69.4 Å². The predicted molar refractivity (Wildman–Crippen MR) is 96.4 cm³/mol. The highest BCUT2D eigenvalue weighted by atomic mass is 16.4. The van der Waals surface area contributed by atoms with E-state index in [1.54, 1.807) is 0 Å². The summed E-state index contributed by atoms with van der Waals surface area (Å²) in [6, 6.07) is -2.63. The first-order chi connectivity index (χ1) is 12.4. The number of carbonyl (C=O) groups excluding carboxylic acids is 3. The van der Waals surface area contributed by atoms with Crippen molar-refractivity contribution in [2.45, 2.75) is 65.1 Å². The number of nitrogens with zero attached hydrogens (tertiary/aromatic N) is 1. The van der Waals surface area contributed by atoms with E-state index in [9.17, 15) is 24.0 Å². The number of carboxylic acid groups (broad SMARTS) is 2. The van der Waals surface area contributed by atoms with Crippen LogP contribution >= 0.6 is 0 Å². The van der Waals surface area contributed by atoms with Crippen molar-refractivity contribution >= 4 is 29.7 Å². The number of nitrogens with one attached hydrogen (secondary N) is 1. The summed E-state index contributed by atoms with van der Waals surface area (Å²) in [5, 5.41) is 19.5. The molecule has 0 heterocycles. The van der Waals surface area contributed by atoms with Crippen LogP contribution in [0.4, 0.5) is 0 Å². The summed E-state index contributed by atoms with van der Waals surface area (Å²) in [6.45, 7) is 5.69. The maximum atomic E-state index is 11.2. The number of rotatable bonds is 9. The monoisotopic (exact) mass is 390 g/mol. The number of nitrogens with two attached hydrogens (primary N) is 2. The number of carboxylic acids is 2. The van der Waals surface area contributed by atoms with Crippen LogP contribution in [0.2, 0.25) is 0 Å². The van der Waals surface area contributed by atoms with Gasteiger partial charge < -0.3 is 27.0 Å². The van der Waals surface area contributed by atoms with Gasteiger partial charge in [0.15, 0.2) is 0 Å². The minimum Gasteiger partial charge on any atom is -0.480 e. The number of aliphatic carboxylic acids is 2. The van der Waals surface area contributed by atoms with E-state index < -0.39 is 47.8 Å². The molecule has 0 aliphatic rings. The molecule has 0 aromatic rings. The smallest absolute Gasteiger partial charge is 0.326 e. The third kappa shape index (κ3) is 11.7. The quantitative estimate of drug-likeness (QED) is 0.303. The Balaban J connectivity index is 0. The van der Waals surface area contributed by atoms with Gasteiger partial charge in [0, 0.05) is 13.8 Å². The van der Waals surface area contributed by atoms with Gasteiger partial charge in [0.1, 0.15) is 12.1 Å². The maximum absolute atomic E-state index is 11.2. The van der Waals surface area contributed by atoms with Crippen LogP contribution in [0.25, 0.3) is 0 Å². The van der Waals surface area contributed by atoms with Crippen molar-refractivity contribution < 1.29 is 34.2 Å². The molecular formula is C16H30N4O7. The van der Waals surface area contributed by atoms with Crippen molar-refractivity contribution in [3.05, 3.63) is 0 Å². The molecule has 0 aromatic carbocycles. The number of imide groups is 1. The zero-order valence-corrected chi connectivity index (χ0v) is 16.1. The normalized spacial score (nSPS) is 13.3. The van der Waals surface area contributed by atoms with E-state index in [0.29, 0.717) is 19.4 Å². The van der Waals surface area contributed by atoms with E-state index in [2.05, 4.69) is 5.32 Å². The van der Waals surface area contributed by atoms with Crippen molar-refractivity contribution in [3.63, 3.8) is 0 Å². The molecule has 0 saturated carbocycles. The summed E-state index contributed by atoms with van der Waals surface area (Å²) in [4.78, 5) is 55.1. The van der Waals surface area contributed by atoms with E-state index in [-0.39, 0.29) is 6.42 Å². The molecule has 11 nitrogen and oxygen atoms in total.